The summed E-state index contributed by atoms with van der Waals surface area (Å²) in [6, 6.07) is 4.28. The molecule has 0 bridgehead atoms. The number of hydrogen-bond acceptors (Lipinski definition) is 1. The summed E-state index contributed by atoms with van der Waals surface area (Å²) < 4.78 is 0. The Hall–Kier alpha value is -0.560. The molecule has 0 saturated carbocycles. The third kappa shape index (κ3) is 1.99. The fraction of sp³-hybridized carbons (Fsp3) is 0.333. The number of hydrogen-bond donors (Lipinski definition) is 0. The van der Waals surface area contributed by atoms with Crippen LogP contribution in [0.1, 0.15) is 18.7 Å². The highest BCUT2D eigenvalue weighted by molar-refractivity contribution is 7.09. The van der Waals surface area contributed by atoms with Gasteiger partial charge in [0, 0.05) is 11.3 Å². The largest absolute Gasteiger partial charge is 0.149 e. The molecule has 0 aliphatic rings. The maximum atomic E-state index is 2.18. The molecule has 54 valence electrons. The van der Waals surface area contributed by atoms with Crippen molar-refractivity contribution in [3.8, 4) is 0 Å². The summed E-state index contributed by atoms with van der Waals surface area (Å²) in [5, 5.41) is 2.12. The van der Waals surface area contributed by atoms with E-state index in [0.29, 0.717) is 0 Å². The molecule has 0 fully saturated rings. The average molecular weight is 152 g/mol. The van der Waals surface area contributed by atoms with E-state index in [9.17, 15) is 0 Å². The quantitative estimate of drug-likeness (QED) is 0.571. The molecule has 0 aliphatic carbocycles. The predicted octanol–water partition coefficient (Wildman–Crippen LogP) is 3.26. The van der Waals surface area contributed by atoms with Crippen molar-refractivity contribution in [2.45, 2.75) is 20.3 Å². The van der Waals surface area contributed by atoms with Crippen molar-refractivity contribution in [2.24, 2.45) is 0 Å². The van der Waals surface area contributed by atoms with Gasteiger partial charge in [-0.05, 0) is 25.3 Å². The minimum absolute atomic E-state index is 1.12. The first-order valence-electron chi connectivity index (χ1n) is 3.47. The molecular formula is C9H12S. The van der Waals surface area contributed by atoms with Crippen LogP contribution in [0, 0.1) is 0 Å². The predicted molar refractivity (Wildman–Crippen MR) is 47.5 cm³/mol. The summed E-state index contributed by atoms with van der Waals surface area (Å²) in [5.41, 5.74) is 1.45. The van der Waals surface area contributed by atoms with Crippen molar-refractivity contribution in [1.82, 2.24) is 0 Å². The molecule has 0 saturated heterocycles. The van der Waals surface area contributed by atoms with Crippen LogP contribution in [0.15, 0.2) is 29.2 Å². The van der Waals surface area contributed by atoms with E-state index >= 15 is 0 Å². The van der Waals surface area contributed by atoms with Crippen molar-refractivity contribution in [3.05, 3.63) is 34.0 Å². The average Bonchev–Trinajstić information content (AvgIpc) is 2.40. The van der Waals surface area contributed by atoms with Crippen LogP contribution in [0.25, 0.3) is 0 Å². The van der Waals surface area contributed by atoms with E-state index in [4.69, 9.17) is 0 Å². The van der Waals surface area contributed by atoms with Crippen LogP contribution in [-0.2, 0) is 6.42 Å². The van der Waals surface area contributed by atoms with Gasteiger partial charge in [-0.2, -0.15) is 0 Å². The lowest BCUT2D eigenvalue weighted by Crippen LogP contribution is -1.79. The van der Waals surface area contributed by atoms with E-state index < -0.39 is 0 Å². The Morgan fingerprint density at radius 2 is 2.50 bits per heavy atom. The second-order valence-corrected chi connectivity index (χ2v) is 3.42. The second kappa shape index (κ2) is 3.57. The first-order chi connectivity index (χ1) is 4.83. The highest BCUT2D eigenvalue weighted by Gasteiger charge is 1.92. The molecule has 0 amide bonds. The van der Waals surface area contributed by atoms with Crippen molar-refractivity contribution in [1.29, 1.82) is 0 Å². The zero-order chi connectivity index (χ0) is 7.40. The zero-order valence-corrected chi connectivity index (χ0v) is 7.24. The maximum absolute atomic E-state index is 2.18. The number of rotatable bonds is 2. The standard InChI is InChI=1S/C9H12S/c1-3-8(2)7-9-5-4-6-10-9/h3-6H,7H2,1-2H3/b8-3-. The van der Waals surface area contributed by atoms with E-state index in [1.165, 1.54) is 10.5 Å². The molecule has 0 aliphatic heterocycles. The van der Waals surface area contributed by atoms with Gasteiger partial charge in [0.1, 0.15) is 0 Å². The Labute approximate surface area is 66.2 Å². The molecule has 0 radical (unpaired) electrons. The molecule has 0 atom stereocenters. The summed E-state index contributed by atoms with van der Waals surface area (Å²) in [4.78, 5) is 1.45. The monoisotopic (exact) mass is 152 g/mol. The maximum Gasteiger partial charge on any atom is 0.00855 e. The van der Waals surface area contributed by atoms with Gasteiger partial charge in [-0.1, -0.05) is 17.7 Å². The molecule has 1 rings (SSSR count). The molecular weight excluding hydrogens is 140 g/mol. The molecule has 10 heavy (non-hydrogen) atoms. The van der Waals surface area contributed by atoms with Gasteiger partial charge in [0.05, 0.1) is 0 Å². The Balaban J connectivity index is 2.56. The Morgan fingerprint density at radius 3 is 3.00 bits per heavy atom. The lowest BCUT2D eigenvalue weighted by atomic mass is 10.2. The molecule has 1 aromatic heterocycles. The van der Waals surface area contributed by atoms with Gasteiger partial charge < -0.3 is 0 Å². The van der Waals surface area contributed by atoms with E-state index in [-0.39, 0.29) is 0 Å². The fourth-order valence-corrected chi connectivity index (χ4v) is 1.59. The smallest absolute Gasteiger partial charge is 0.00855 e. The molecule has 0 N–H and O–H groups in total. The van der Waals surface area contributed by atoms with E-state index in [2.05, 4.69) is 37.4 Å². The van der Waals surface area contributed by atoms with E-state index in [0.717, 1.165) is 6.42 Å². The van der Waals surface area contributed by atoms with Gasteiger partial charge in [-0.25, -0.2) is 0 Å². The van der Waals surface area contributed by atoms with Crippen LogP contribution in [-0.4, -0.2) is 0 Å². The van der Waals surface area contributed by atoms with Crippen LogP contribution in [0.3, 0.4) is 0 Å². The van der Waals surface area contributed by atoms with E-state index in [1.54, 1.807) is 0 Å². The summed E-state index contributed by atoms with van der Waals surface area (Å²) in [6.07, 6.45) is 3.29. The van der Waals surface area contributed by atoms with Crippen LogP contribution in [0.4, 0.5) is 0 Å². The second-order valence-electron chi connectivity index (χ2n) is 2.39. The third-order valence-corrected chi connectivity index (χ3v) is 2.40. The molecule has 1 heterocycles. The van der Waals surface area contributed by atoms with Crippen molar-refractivity contribution in [2.75, 3.05) is 0 Å². The van der Waals surface area contributed by atoms with Crippen molar-refractivity contribution >= 4 is 11.3 Å². The molecule has 1 aromatic rings. The topological polar surface area (TPSA) is 0 Å². The molecule has 0 aromatic carbocycles. The van der Waals surface area contributed by atoms with E-state index in [1.807, 2.05) is 11.3 Å². The summed E-state index contributed by atoms with van der Waals surface area (Å²) in [5.74, 6) is 0. The summed E-state index contributed by atoms with van der Waals surface area (Å²) in [7, 11) is 0. The number of thiophene rings is 1. The first kappa shape index (κ1) is 7.55. The highest BCUT2D eigenvalue weighted by atomic mass is 32.1. The van der Waals surface area contributed by atoms with Crippen molar-refractivity contribution in [3.63, 3.8) is 0 Å². The molecule has 0 nitrogen and oxygen atoms in total. The third-order valence-electron chi connectivity index (χ3n) is 1.53. The van der Waals surface area contributed by atoms with Crippen LogP contribution in [0.5, 0.6) is 0 Å². The van der Waals surface area contributed by atoms with Gasteiger partial charge in [-0.15, -0.1) is 11.3 Å². The van der Waals surface area contributed by atoms with Crippen LogP contribution < -0.4 is 0 Å². The Morgan fingerprint density at radius 1 is 1.70 bits per heavy atom. The summed E-state index contributed by atoms with van der Waals surface area (Å²) in [6.45, 7) is 4.25. The van der Waals surface area contributed by atoms with Crippen LogP contribution >= 0.6 is 11.3 Å². The van der Waals surface area contributed by atoms with Gasteiger partial charge in [0.25, 0.3) is 0 Å². The fourth-order valence-electron chi connectivity index (χ4n) is 0.790. The molecule has 1 heteroatoms. The zero-order valence-electron chi connectivity index (χ0n) is 6.42. The first-order valence-corrected chi connectivity index (χ1v) is 4.35. The number of allylic oxidation sites excluding steroid dienone is 2. The van der Waals surface area contributed by atoms with Gasteiger partial charge >= 0.3 is 0 Å². The minimum Gasteiger partial charge on any atom is -0.149 e. The van der Waals surface area contributed by atoms with Gasteiger partial charge in [0.15, 0.2) is 0 Å². The van der Waals surface area contributed by atoms with Crippen LogP contribution in [0.2, 0.25) is 0 Å². The normalized spacial score (nSPS) is 12.0. The SMILES string of the molecule is C/C=C(/C)Cc1cccs1. The lowest BCUT2D eigenvalue weighted by Gasteiger charge is -1.94. The lowest BCUT2D eigenvalue weighted by molar-refractivity contribution is 1.17. The van der Waals surface area contributed by atoms with Crippen molar-refractivity contribution < 1.29 is 0 Å². The molecule has 0 spiro atoms. The highest BCUT2D eigenvalue weighted by Crippen LogP contribution is 2.13. The minimum atomic E-state index is 1.12. The van der Waals surface area contributed by atoms with Gasteiger partial charge in [0.2, 0.25) is 0 Å². The Kier molecular flexibility index (Phi) is 2.69. The Bertz CT molecular complexity index is 207. The van der Waals surface area contributed by atoms with Gasteiger partial charge in [-0.3, -0.25) is 0 Å². The summed E-state index contributed by atoms with van der Waals surface area (Å²) >= 11 is 1.83. The molecule has 0 unspecified atom stereocenters.